The lowest BCUT2D eigenvalue weighted by Gasteiger charge is -2.22. The van der Waals surface area contributed by atoms with E-state index in [4.69, 9.17) is 4.84 Å². The van der Waals surface area contributed by atoms with Crippen LogP contribution in [0.15, 0.2) is 91.0 Å². The van der Waals surface area contributed by atoms with Gasteiger partial charge in [0.2, 0.25) is 0 Å². The number of hydroxylamine groups is 2. The van der Waals surface area contributed by atoms with E-state index in [-0.39, 0.29) is 0 Å². The molecule has 3 aromatic rings. The van der Waals surface area contributed by atoms with Gasteiger partial charge in [-0.1, -0.05) is 78.9 Å². The topological polar surface area (TPSA) is 12.5 Å². The van der Waals surface area contributed by atoms with Crippen LogP contribution in [0.1, 0.15) is 11.1 Å². The molecule has 0 N–H and O–H groups in total. The Morgan fingerprint density at radius 1 is 0.545 bits per heavy atom. The van der Waals surface area contributed by atoms with E-state index >= 15 is 0 Å². The van der Waals surface area contributed by atoms with Gasteiger partial charge in [-0.3, -0.25) is 0 Å². The molecule has 0 radical (unpaired) electrons. The molecule has 0 bridgehead atoms. The average Bonchev–Trinajstić information content (AvgIpc) is 2.57. The van der Waals surface area contributed by atoms with Gasteiger partial charge in [0.15, 0.2) is 0 Å². The predicted octanol–water partition coefficient (Wildman–Crippen LogP) is 4.68. The first-order chi connectivity index (χ1) is 10.9. The van der Waals surface area contributed by atoms with E-state index in [1.165, 1.54) is 11.1 Å². The molecule has 0 spiro atoms. The van der Waals surface area contributed by atoms with Crippen molar-refractivity contribution >= 4 is 0 Å². The van der Waals surface area contributed by atoms with Gasteiger partial charge in [-0.05, 0) is 23.3 Å². The quantitative estimate of drug-likeness (QED) is 0.611. The standard InChI is InChI=1S/C20H19NO/c1-4-10-18(11-5-1)16-21(17-19-12-6-2-7-13-19)22-20-14-8-3-9-15-20/h1-15H,16-17H2. The highest BCUT2D eigenvalue weighted by Gasteiger charge is 2.09. The average molecular weight is 289 g/mol. The molecule has 0 fully saturated rings. The van der Waals surface area contributed by atoms with Crippen molar-refractivity contribution in [2.45, 2.75) is 13.1 Å². The van der Waals surface area contributed by atoms with Crippen LogP contribution in [0.5, 0.6) is 5.75 Å². The van der Waals surface area contributed by atoms with Crippen molar-refractivity contribution in [3.63, 3.8) is 0 Å². The molecule has 0 unspecified atom stereocenters. The van der Waals surface area contributed by atoms with Crippen LogP contribution in [-0.2, 0) is 13.1 Å². The molecule has 110 valence electrons. The minimum atomic E-state index is 0.741. The lowest BCUT2D eigenvalue weighted by molar-refractivity contribution is -0.0757. The maximum absolute atomic E-state index is 6.06. The molecule has 2 heteroatoms. The second kappa shape index (κ2) is 7.43. The Bertz CT molecular complexity index is 569. The Hall–Kier alpha value is -2.58. The molecule has 0 atom stereocenters. The fourth-order valence-electron chi connectivity index (χ4n) is 2.32. The molecule has 0 aliphatic carbocycles. The summed E-state index contributed by atoms with van der Waals surface area (Å²) < 4.78 is 0. The van der Waals surface area contributed by atoms with Crippen molar-refractivity contribution in [1.29, 1.82) is 0 Å². The van der Waals surface area contributed by atoms with Crippen LogP contribution in [0.25, 0.3) is 0 Å². The number of para-hydroxylation sites is 1. The van der Waals surface area contributed by atoms with Crippen molar-refractivity contribution in [2.75, 3.05) is 0 Å². The summed E-state index contributed by atoms with van der Waals surface area (Å²) in [5.74, 6) is 0.856. The van der Waals surface area contributed by atoms with E-state index in [2.05, 4.69) is 48.5 Å². The monoisotopic (exact) mass is 289 g/mol. The SMILES string of the molecule is c1ccc(CN(Cc2ccccc2)Oc2ccccc2)cc1. The highest BCUT2D eigenvalue weighted by molar-refractivity contribution is 5.21. The molecule has 3 aromatic carbocycles. The van der Waals surface area contributed by atoms with Crippen LogP contribution < -0.4 is 4.84 Å². The van der Waals surface area contributed by atoms with Crippen molar-refractivity contribution in [1.82, 2.24) is 5.06 Å². The summed E-state index contributed by atoms with van der Waals surface area (Å²) >= 11 is 0. The smallest absolute Gasteiger partial charge is 0.147 e. The molecule has 22 heavy (non-hydrogen) atoms. The first kappa shape index (κ1) is 14.4. The summed E-state index contributed by atoms with van der Waals surface area (Å²) in [6, 6.07) is 30.7. The fraction of sp³-hybridized carbons (Fsp3) is 0.100. The van der Waals surface area contributed by atoms with Crippen LogP contribution in [-0.4, -0.2) is 5.06 Å². The highest BCUT2D eigenvalue weighted by Crippen LogP contribution is 2.15. The molecular weight excluding hydrogens is 270 g/mol. The zero-order chi connectivity index (χ0) is 15.0. The molecule has 0 aliphatic rings. The van der Waals surface area contributed by atoms with Gasteiger partial charge in [0.05, 0.1) is 13.1 Å². The molecule has 0 amide bonds. The molecule has 2 nitrogen and oxygen atoms in total. The van der Waals surface area contributed by atoms with Gasteiger partial charge in [-0.2, -0.15) is 0 Å². The van der Waals surface area contributed by atoms with Crippen LogP contribution >= 0.6 is 0 Å². The Kier molecular flexibility index (Phi) is 4.85. The lowest BCUT2D eigenvalue weighted by atomic mass is 10.2. The van der Waals surface area contributed by atoms with Crippen molar-refractivity contribution in [3.8, 4) is 5.75 Å². The van der Waals surface area contributed by atoms with Gasteiger partial charge in [-0.25, -0.2) is 0 Å². The summed E-state index contributed by atoms with van der Waals surface area (Å²) in [6.07, 6.45) is 0. The first-order valence-corrected chi connectivity index (χ1v) is 7.46. The normalized spacial score (nSPS) is 10.6. The Labute approximate surface area is 131 Å². The molecule has 0 saturated carbocycles. The molecule has 3 rings (SSSR count). The van der Waals surface area contributed by atoms with E-state index in [0.29, 0.717) is 0 Å². The number of rotatable bonds is 6. The van der Waals surface area contributed by atoms with E-state index in [9.17, 15) is 0 Å². The summed E-state index contributed by atoms with van der Waals surface area (Å²) in [4.78, 5) is 6.06. The van der Waals surface area contributed by atoms with E-state index < -0.39 is 0 Å². The lowest BCUT2D eigenvalue weighted by Crippen LogP contribution is -2.26. The van der Waals surface area contributed by atoms with Gasteiger partial charge in [0, 0.05) is 0 Å². The van der Waals surface area contributed by atoms with Crippen LogP contribution in [0.4, 0.5) is 0 Å². The number of hydrogen-bond donors (Lipinski definition) is 0. The maximum atomic E-state index is 6.06. The van der Waals surface area contributed by atoms with E-state index in [1.807, 2.05) is 47.5 Å². The van der Waals surface area contributed by atoms with Gasteiger partial charge < -0.3 is 4.84 Å². The van der Waals surface area contributed by atoms with Crippen molar-refractivity contribution in [3.05, 3.63) is 102 Å². The number of nitrogens with zero attached hydrogens (tertiary/aromatic N) is 1. The van der Waals surface area contributed by atoms with Gasteiger partial charge in [0.1, 0.15) is 5.75 Å². The van der Waals surface area contributed by atoms with Crippen molar-refractivity contribution < 1.29 is 4.84 Å². The van der Waals surface area contributed by atoms with Gasteiger partial charge in [-0.15, -0.1) is 5.06 Å². The summed E-state index contributed by atoms with van der Waals surface area (Å²) in [6.45, 7) is 1.48. The largest absolute Gasteiger partial charge is 0.405 e. The fourth-order valence-corrected chi connectivity index (χ4v) is 2.32. The molecule has 0 aromatic heterocycles. The first-order valence-electron chi connectivity index (χ1n) is 7.46. The molecule has 0 heterocycles. The second-order valence-corrected chi connectivity index (χ2v) is 5.17. The minimum Gasteiger partial charge on any atom is -0.405 e. The van der Waals surface area contributed by atoms with Gasteiger partial charge in [0.25, 0.3) is 0 Å². The van der Waals surface area contributed by atoms with Crippen LogP contribution in [0.2, 0.25) is 0 Å². The summed E-state index contributed by atoms with van der Waals surface area (Å²) in [7, 11) is 0. The minimum absolute atomic E-state index is 0.741. The maximum Gasteiger partial charge on any atom is 0.147 e. The third kappa shape index (κ3) is 4.21. The molecule has 0 aliphatic heterocycles. The zero-order valence-corrected chi connectivity index (χ0v) is 12.4. The third-order valence-corrected chi connectivity index (χ3v) is 3.38. The Morgan fingerprint density at radius 3 is 1.41 bits per heavy atom. The van der Waals surface area contributed by atoms with E-state index in [1.54, 1.807) is 0 Å². The zero-order valence-electron chi connectivity index (χ0n) is 12.4. The van der Waals surface area contributed by atoms with Gasteiger partial charge >= 0.3 is 0 Å². The second-order valence-electron chi connectivity index (χ2n) is 5.17. The van der Waals surface area contributed by atoms with Crippen LogP contribution in [0, 0.1) is 0 Å². The molecule has 0 saturated heterocycles. The highest BCUT2D eigenvalue weighted by atomic mass is 16.7. The summed E-state index contributed by atoms with van der Waals surface area (Å²) in [5.41, 5.74) is 2.46. The van der Waals surface area contributed by atoms with E-state index in [0.717, 1.165) is 18.8 Å². The van der Waals surface area contributed by atoms with Crippen molar-refractivity contribution in [2.24, 2.45) is 0 Å². The number of benzene rings is 3. The van der Waals surface area contributed by atoms with Crippen LogP contribution in [0.3, 0.4) is 0 Å². The summed E-state index contributed by atoms with van der Waals surface area (Å²) in [5, 5.41) is 1.99. The number of hydrogen-bond acceptors (Lipinski definition) is 2. The Balaban J connectivity index is 1.75. The Morgan fingerprint density at radius 2 is 0.955 bits per heavy atom. The third-order valence-electron chi connectivity index (χ3n) is 3.38. The molecular formula is C20H19NO. The predicted molar refractivity (Wildman–Crippen MR) is 89.2 cm³/mol.